The highest BCUT2D eigenvalue weighted by Gasteiger charge is 2.24. The molecular formula is C24H27N3O4S2. The van der Waals surface area contributed by atoms with Crippen molar-refractivity contribution in [2.45, 2.75) is 29.5 Å². The van der Waals surface area contributed by atoms with Gasteiger partial charge in [-0.15, -0.1) is 11.8 Å². The molecule has 0 aliphatic heterocycles. The van der Waals surface area contributed by atoms with Crippen LogP contribution in [0.3, 0.4) is 0 Å². The van der Waals surface area contributed by atoms with Crippen molar-refractivity contribution in [3.63, 3.8) is 0 Å². The molecule has 0 saturated heterocycles. The number of benzene rings is 2. The molecule has 9 heteroatoms. The molecule has 33 heavy (non-hydrogen) atoms. The number of pyridine rings is 1. The maximum Gasteiger partial charge on any atom is 0.259 e. The van der Waals surface area contributed by atoms with E-state index in [1.807, 2.05) is 36.4 Å². The number of thioether (sulfide) groups is 1. The number of rotatable bonds is 10. The third-order valence-corrected chi connectivity index (χ3v) is 8.03. The summed E-state index contributed by atoms with van der Waals surface area (Å²) in [5.74, 6) is 0.549. The van der Waals surface area contributed by atoms with Gasteiger partial charge in [0.2, 0.25) is 10.0 Å². The minimum Gasteiger partial charge on any atom is -0.496 e. The van der Waals surface area contributed by atoms with Crippen LogP contribution in [-0.4, -0.2) is 43.8 Å². The predicted octanol–water partition coefficient (Wildman–Crippen LogP) is 4.67. The zero-order valence-corrected chi connectivity index (χ0v) is 20.4. The van der Waals surface area contributed by atoms with Gasteiger partial charge in [-0.25, -0.2) is 13.4 Å². The Kier molecular flexibility index (Phi) is 8.49. The summed E-state index contributed by atoms with van der Waals surface area (Å²) >= 11 is 1.60. The van der Waals surface area contributed by atoms with Gasteiger partial charge < -0.3 is 10.1 Å². The second kappa shape index (κ2) is 11.3. The molecule has 0 unspecified atom stereocenters. The van der Waals surface area contributed by atoms with Crippen LogP contribution in [0.4, 0.5) is 5.69 Å². The minimum atomic E-state index is -3.71. The molecule has 3 aromatic rings. The van der Waals surface area contributed by atoms with Crippen LogP contribution in [-0.2, 0) is 15.8 Å². The summed E-state index contributed by atoms with van der Waals surface area (Å²) < 4.78 is 32.5. The summed E-state index contributed by atoms with van der Waals surface area (Å²) in [6.07, 6.45) is 1.75. The Morgan fingerprint density at radius 3 is 2.52 bits per heavy atom. The summed E-state index contributed by atoms with van der Waals surface area (Å²) in [6.45, 7) is 4.24. The number of nitrogens with zero attached hydrogens (tertiary/aromatic N) is 2. The molecular weight excluding hydrogens is 458 g/mol. The maximum absolute atomic E-state index is 13.1. The molecule has 0 bridgehead atoms. The molecule has 1 N–H and O–H groups in total. The van der Waals surface area contributed by atoms with E-state index < -0.39 is 15.9 Å². The van der Waals surface area contributed by atoms with Gasteiger partial charge in [-0.05, 0) is 48.0 Å². The van der Waals surface area contributed by atoms with Crippen molar-refractivity contribution >= 4 is 33.4 Å². The van der Waals surface area contributed by atoms with Crippen molar-refractivity contribution in [2.75, 3.05) is 25.5 Å². The average Bonchev–Trinajstić information content (AvgIpc) is 2.83. The molecule has 0 aliphatic rings. The molecule has 2 aromatic carbocycles. The topological polar surface area (TPSA) is 88.6 Å². The average molecular weight is 486 g/mol. The van der Waals surface area contributed by atoms with Crippen molar-refractivity contribution in [1.82, 2.24) is 9.29 Å². The molecule has 0 fully saturated rings. The van der Waals surface area contributed by atoms with Crippen molar-refractivity contribution < 1.29 is 17.9 Å². The van der Waals surface area contributed by atoms with Gasteiger partial charge in [0.1, 0.15) is 5.75 Å². The van der Waals surface area contributed by atoms with E-state index in [1.165, 1.54) is 29.6 Å². The van der Waals surface area contributed by atoms with Gasteiger partial charge in [-0.3, -0.25) is 4.79 Å². The largest absolute Gasteiger partial charge is 0.496 e. The lowest BCUT2D eigenvalue weighted by Crippen LogP contribution is -2.30. The highest BCUT2D eigenvalue weighted by Crippen LogP contribution is 2.26. The van der Waals surface area contributed by atoms with Crippen LogP contribution in [0.15, 0.2) is 76.8 Å². The van der Waals surface area contributed by atoms with Crippen LogP contribution >= 0.6 is 11.8 Å². The Morgan fingerprint density at radius 1 is 1.06 bits per heavy atom. The Bertz CT molecular complexity index is 1200. The SMILES string of the molecule is CCN(CC)S(=O)(=O)c1ccc(OC)c(C(=O)Nc2cccc(CSc3ccccn3)c2)c1. The number of amides is 1. The normalized spacial score (nSPS) is 11.4. The molecule has 0 atom stereocenters. The van der Waals surface area contributed by atoms with Crippen LogP contribution in [0.5, 0.6) is 5.75 Å². The summed E-state index contributed by atoms with van der Waals surface area (Å²) in [6, 6.07) is 17.6. The summed E-state index contributed by atoms with van der Waals surface area (Å²) in [5.41, 5.74) is 1.78. The van der Waals surface area contributed by atoms with Crippen LogP contribution in [0, 0.1) is 0 Å². The van der Waals surface area contributed by atoms with Gasteiger partial charge in [0.15, 0.2) is 0 Å². The fraction of sp³-hybridized carbons (Fsp3) is 0.250. The molecule has 0 spiro atoms. The van der Waals surface area contributed by atoms with Gasteiger partial charge in [0, 0.05) is 30.7 Å². The molecule has 0 radical (unpaired) electrons. The van der Waals surface area contributed by atoms with E-state index in [-0.39, 0.29) is 10.5 Å². The first-order chi connectivity index (χ1) is 15.9. The van der Waals surface area contributed by atoms with Crippen LogP contribution in [0.1, 0.15) is 29.8 Å². The van der Waals surface area contributed by atoms with Gasteiger partial charge >= 0.3 is 0 Å². The molecule has 3 rings (SSSR count). The summed E-state index contributed by atoms with van der Waals surface area (Å²) in [7, 11) is -2.26. The minimum absolute atomic E-state index is 0.0534. The molecule has 174 valence electrons. The first-order valence-electron chi connectivity index (χ1n) is 10.5. The Hall–Kier alpha value is -2.88. The molecule has 1 aromatic heterocycles. The number of sulfonamides is 1. The molecule has 1 heterocycles. The van der Waals surface area contributed by atoms with E-state index in [0.717, 1.165) is 10.6 Å². The second-order valence-electron chi connectivity index (χ2n) is 7.06. The van der Waals surface area contributed by atoms with Gasteiger partial charge in [0.05, 0.1) is 22.6 Å². The summed E-state index contributed by atoms with van der Waals surface area (Å²) in [4.78, 5) is 17.4. The number of aromatic nitrogens is 1. The lowest BCUT2D eigenvalue weighted by Gasteiger charge is -2.19. The lowest BCUT2D eigenvalue weighted by molar-refractivity contribution is 0.102. The molecule has 1 amide bonds. The number of hydrogen-bond acceptors (Lipinski definition) is 6. The molecule has 0 aliphatic carbocycles. The van der Waals surface area contributed by atoms with Crippen molar-refractivity contribution in [3.8, 4) is 5.75 Å². The monoisotopic (exact) mass is 485 g/mol. The number of ether oxygens (including phenoxy) is 1. The van der Waals surface area contributed by atoms with Gasteiger partial charge in [0.25, 0.3) is 5.91 Å². The fourth-order valence-electron chi connectivity index (χ4n) is 3.26. The van der Waals surface area contributed by atoms with E-state index in [2.05, 4.69) is 10.3 Å². The van der Waals surface area contributed by atoms with Crippen molar-refractivity contribution in [3.05, 3.63) is 78.0 Å². The van der Waals surface area contributed by atoms with E-state index >= 15 is 0 Å². The van der Waals surface area contributed by atoms with Crippen LogP contribution in [0.25, 0.3) is 0 Å². The smallest absolute Gasteiger partial charge is 0.259 e. The highest BCUT2D eigenvalue weighted by atomic mass is 32.2. The number of hydrogen-bond donors (Lipinski definition) is 1. The van der Waals surface area contributed by atoms with E-state index in [1.54, 1.807) is 37.9 Å². The first kappa shape index (κ1) is 24.8. The number of carbonyl (C=O) groups is 1. The third-order valence-electron chi connectivity index (χ3n) is 4.97. The van der Waals surface area contributed by atoms with E-state index in [0.29, 0.717) is 30.3 Å². The summed E-state index contributed by atoms with van der Waals surface area (Å²) in [5, 5.41) is 3.77. The first-order valence-corrected chi connectivity index (χ1v) is 12.9. The quantitative estimate of drug-likeness (QED) is 0.420. The number of carbonyl (C=O) groups excluding carboxylic acids is 1. The Balaban J connectivity index is 1.81. The predicted molar refractivity (Wildman–Crippen MR) is 131 cm³/mol. The molecule has 0 saturated carbocycles. The van der Waals surface area contributed by atoms with Gasteiger partial charge in [-0.1, -0.05) is 32.0 Å². The standard InChI is InChI=1S/C24H27N3O4S2/c1-4-27(5-2)33(29,30)20-12-13-22(31-3)21(16-20)24(28)26-19-10-8-9-18(15-19)17-32-23-11-6-7-14-25-23/h6-16H,4-5,17H2,1-3H3,(H,26,28). The van der Waals surface area contributed by atoms with Crippen molar-refractivity contribution in [1.29, 1.82) is 0 Å². The number of nitrogens with one attached hydrogen (secondary N) is 1. The van der Waals surface area contributed by atoms with Crippen LogP contribution in [0.2, 0.25) is 0 Å². The number of methoxy groups -OCH3 is 1. The lowest BCUT2D eigenvalue weighted by atomic mass is 10.1. The third kappa shape index (κ3) is 6.13. The van der Waals surface area contributed by atoms with Gasteiger partial charge in [-0.2, -0.15) is 4.31 Å². The second-order valence-corrected chi connectivity index (χ2v) is 10.00. The fourth-order valence-corrected chi connectivity index (χ4v) is 5.55. The van der Waals surface area contributed by atoms with Crippen LogP contribution < -0.4 is 10.1 Å². The van der Waals surface area contributed by atoms with E-state index in [4.69, 9.17) is 4.74 Å². The van der Waals surface area contributed by atoms with E-state index in [9.17, 15) is 13.2 Å². The molecule has 7 nitrogen and oxygen atoms in total. The van der Waals surface area contributed by atoms with Crippen molar-refractivity contribution in [2.24, 2.45) is 0 Å². The number of anilines is 1. The maximum atomic E-state index is 13.1. The zero-order chi connectivity index (χ0) is 23.8. The Labute approximate surface area is 199 Å². The zero-order valence-electron chi connectivity index (χ0n) is 18.8. The highest BCUT2D eigenvalue weighted by molar-refractivity contribution is 7.98. The Morgan fingerprint density at radius 2 is 1.85 bits per heavy atom.